The molecule has 0 saturated carbocycles. The van der Waals surface area contributed by atoms with Crippen molar-refractivity contribution in [3.63, 3.8) is 0 Å². The zero-order chi connectivity index (χ0) is 13.4. The van der Waals surface area contributed by atoms with Crippen LogP contribution in [0.15, 0.2) is 34.6 Å². The summed E-state index contributed by atoms with van der Waals surface area (Å²) in [5.41, 5.74) is 0.678. The third-order valence-electron chi connectivity index (χ3n) is 2.12. The number of nitrogens with zero attached hydrogens (tertiary/aromatic N) is 3. The monoisotopic (exact) mass is 253 g/mol. The van der Waals surface area contributed by atoms with Gasteiger partial charge in [-0.3, -0.25) is 5.01 Å². The van der Waals surface area contributed by atoms with E-state index in [1.807, 2.05) is 0 Å². The molecule has 1 aromatic carbocycles. The first-order chi connectivity index (χ1) is 8.67. The molecule has 0 fully saturated rings. The van der Waals surface area contributed by atoms with Gasteiger partial charge < -0.3 is 15.3 Å². The number of hydrogen-bond acceptors (Lipinski definition) is 5. The Bertz CT molecular complexity index is 399. The SMILES string of the molecule is O=C(O)c1ccc(N=NN(CCO)CCO)cc1. The van der Waals surface area contributed by atoms with Gasteiger partial charge in [0.1, 0.15) is 0 Å². The molecule has 0 heterocycles. The average Bonchev–Trinajstić information content (AvgIpc) is 2.37. The standard InChI is InChI=1S/C11H15N3O4/c15-7-5-14(6-8-16)13-12-10-3-1-9(2-4-10)11(17)18/h1-4,15-16H,5-8H2,(H,17,18). The highest BCUT2D eigenvalue weighted by Crippen LogP contribution is 2.14. The van der Waals surface area contributed by atoms with Gasteiger partial charge in [0.05, 0.1) is 37.6 Å². The molecule has 1 rings (SSSR count). The predicted octanol–water partition coefficient (Wildman–Crippen LogP) is 0.670. The van der Waals surface area contributed by atoms with Gasteiger partial charge >= 0.3 is 5.97 Å². The third-order valence-corrected chi connectivity index (χ3v) is 2.12. The Balaban J connectivity index is 2.67. The van der Waals surface area contributed by atoms with Crippen LogP contribution in [0.5, 0.6) is 0 Å². The summed E-state index contributed by atoms with van der Waals surface area (Å²) in [5, 5.41) is 35.4. The third kappa shape index (κ3) is 4.48. The molecule has 0 atom stereocenters. The average molecular weight is 253 g/mol. The van der Waals surface area contributed by atoms with Crippen LogP contribution in [0.1, 0.15) is 10.4 Å². The van der Waals surface area contributed by atoms with Crippen molar-refractivity contribution in [1.29, 1.82) is 0 Å². The summed E-state index contributed by atoms with van der Waals surface area (Å²) in [7, 11) is 0. The summed E-state index contributed by atoms with van der Waals surface area (Å²) in [6.45, 7) is 0.377. The highest BCUT2D eigenvalue weighted by Gasteiger charge is 2.02. The molecule has 0 spiro atoms. The van der Waals surface area contributed by atoms with E-state index in [1.165, 1.54) is 29.3 Å². The predicted molar refractivity (Wildman–Crippen MR) is 63.7 cm³/mol. The van der Waals surface area contributed by atoms with E-state index >= 15 is 0 Å². The summed E-state index contributed by atoms with van der Waals surface area (Å²) in [6.07, 6.45) is 0. The largest absolute Gasteiger partial charge is 0.478 e. The smallest absolute Gasteiger partial charge is 0.335 e. The topological polar surface area (TPSA) is 106 Å². The van der Waals surface area contributed by atoms with Crippen molar-refractivity contribution in [3.05, 3.63) is 29.8 Å². The zero-order valence-corrected chi connectivity index (χ0v) is 9.73. The van der Waals surface area contributed by atoms with E-state index in [2.05, 4.69) is 10.3 Å². The van der Waals surface area contributed by atoms with Gasteiger partial charge in [0.15, 0.2) is 0 Å². The Morgan fingerprint density at radius 1 is 1.11 bits per heavy atom. The molecule has 18 heavy (non-hydrogen) atoms. The van der Waals surface area contributed by atoms with Gasteiger partial charge in [0.2, 0.25) is 0 Å². The number of carbonyl (C=O) groups is 1. The molecular weight excluding hydrogens is 238 g/mol. The van der Waals surface area contributed by atoms with E-state index in [0.29, 0.717) is 5.69 Å². The Hall–Kier alpha value is -1.99. The first-order valence-electron chi connectivity index (χ1n) is 5.39. The van der Waals surface area contributed by atoms with E-state index in [1.54, 1.807) is 0 Å². The molecule has 0 saturated heterocycles. The molecule has 0 bridgehead atoms. The highest BCUT2D eigenvalue weighted by atomic mass is 16.4. The number of carboxylic acid groups (broad SMARTS) is 1. The summed E-state index contributed by atoms with van der Waals surface area (Å²) in [5.74, 6) is -0.999. The van der Waals surface area contributed by atoms with E-state index in [-0.39, 0.29) is 31.9 Å². The second-order valence-electron chi connectivity index (χ2n) is 3.44. The van der Waals surface area contributed by atoms with Crippen LogP contribution in [-0.4, -0.2) is 52.6 Å². The lowest BCUT2D eigenvalue weighted by Gasteiger charge is -2.14. The first-order valence-corrected chi connectivity index (χ1v) is 5.39. The molecule has 7 heteroatoms. The summed E-state index contributed by atoms with van der Waals surface area (Å²) in [6, 6.07) is 5.92. The number of rotatable bonds is 7. The van der Waals surface area contributed by atoms with E-state index in [0.717, 1.165) is 0 Å². The van der Waals surface area contributed by atoms with Crippen molar-refractivity contribution in [2.45, 2.75) is 0 Å². The molecule has 7 nitrogen and oxygen atoms in total. The lowest BCUT2D eigenvalue weighted by atomic mass is 10.2. The fraction of sp³-hybridized carbons (Fsp3) is 0.364. The van der Waals surface area contributed by atoms with E-state index < -0.39 is 5.97 Å². The quantitative estimate of drug-likeness (QED) is 0.489. The van der Waals surface area contributed by atoms with Gasteiger partial charge in [-0.05, 0) is 24.3 Å². The molecule has 0 radical (unpaired) electrons. The van der Waals surface area contributed by atoms with Gasteiger partial charge in [0.25, 0.3) is 0 Å². The molecule has 0 aliphatic rings. The first kappa shape index (κ1) is 14.1. The van der Waals surface area contributed by atoms with Crippen molar-refractivity contribution in [3.8, 4) is 0 Å². The molecule has 0 amide bonds. The molecule has 0 aromatic heterocycles. The van der Waals surface area contributed by atoms with Crippen LogP contribution in [0.3, 0.4) is 0 Å². The molecule has 0 aliphatic carbocycles. The Morgan fingerprint density at radius 3 is 2.11 bits per heavy atom. The van der Waals surface area contributed by atoms with Crippen LogP contribution in [-0.2, 0) is 0 Å². The summed E-state index contributed by atoms with van der Waals surface area (Å²) < 4.78 is 0. The Kier molecular flexibility index (Phi) is 5.75. The van der Waals surface area contributed by atoms with Crippen molar-refractivity contribution in [1.82, 2.24) is 5.01 Å². The fourth-order valence-electron chi connectivity index (χ4n) is 1.22. The highest BCUT2D eigenvalue weighted by molar-refractivity contribution is 5.87. The van der Waals surface area contributed by atoms with Crippen molar-refractivity contribution in [2.24, 2.45) is 10.3 Å². The van der Waals surface area contributed by atoms with Gasteiger partial charge in [-0.2, -0.15) is 0 Å². The second-order valence-corrected chi connectivity index (χ2v) is 3.44. The lowest BCUT2D eigenvalue weighted by Crippen LogP contribution is -2.24. The minimum atomic E-state index is -0.999. The van der Waals surface area contributed by atoms with Crippen molar-refractivity contribution in [2.75, 3.05) is 26.3 Å². The van der Waals surface area contributed by atoms with Gasteiger partial charge in [-0.15, -0.1) is 5.11 Å². The normalized spacial score (nSPS) is 10.8. The number of aromatic carboxylic acids is 1. The maximum atomic E-state index is 10.6. The summed E-state index contributed by atoms with van der Waals surface area (Å²) >= 11 is 0. The van der Waals surface area contributed by atoms with Gasteiger partial charge in [-0.1, -0.05) is 5.22 Å². The lowest BCUT2D eigenvalue weighted by molar-refractivity contribution is 0.0697. The Labute approximate surface area is 104 Å². The molecule has 98 valence electrons. The number of carboxylic acids is 1. The minimum absolute atomic E-state index is 0.0863. The zero-order valence-electron chi connectivity index (χ0n) is 9.73. The van der Waals surface area contributed by atoms with Crippen LogP contribution in [0.25, 0.3) is 0 Å². The number of hydrogen-bond donors (Lipinski definition) is 3. The molecule has 3 N–H and O–H groups in total. The van der Waals surface area contributed by atoms with Crippen molar-refractivity contribution < 1.29 is 20.1 Å². The van der Waals surface area contributed by atoms with Crippen molar-refractivity contribution >= 4 is 11.7 Å². The summed E-state index contributed by atoms with van der Waals surface area (Å²) in [4.78, 5) is 10.6. The molecule has 0 aliphatic heterocycles. The van der Waals surface area contributed by atoms with Gasteiger partial charge in [-0.25, -0.2) is 4.79 Å². The minimum Gasteiger partial charge on any atom is -0.478 e. The maximum Gasteiger partial charge on any atom is 0.335 e. The molecule has 0 unspecified atom stereocenters. The second kappa shape index (κ2) is 7.36. The van der Waals surface area contributed by atoms with Crippen LogP contribution < -0.4 is 0 Å². The maximum absolute atomic E-state index is 10.6. The number of aliphatic hydroxyl groups excluding tert-OH is 2. The van der Waals surface area contributed by atoms with Crippen LogP contribution in [0.2, 0.25) is 0 Å². The van der Waals surface area contributed by atoms with E-state index in [9.17, 15) is 4.79 Å². The van der Waals surface area contributed by atoms with Crippen LogP contribution in [0.4, 0.5) is 5.69 Å². The van der Waals surface area contributed by atoms with Crippen LogP contribution >= 0.6 is 0 Å². The van der Waals surface area contributed by atoms with E-state index in [4.69, 9.17) is 15.3 Å². The number of aliphatic hydroxyl groups is 2. The number of benzene rings is 1. The Morgan fingerprint density at radius 2 is 1.67 bits per heavy atom. The van der Waals surface area contributed by atoms with Crippen LogP contribution in [0, 0.1) is 0 Å². The fourth-order valence-corrected chi connectivity index (χ4v) is 1.22. The molecule has 1 aromatic rings. The van der Waals surface area contributed by atoms with Gasteiger partial charge in [0, 0.05) is 0 Å². The molecular formula is C11H15N3O4.